The number of aliphatic hydroxyl groups is 1. The van der Waals surface area contributed by atoms with Crippen LogP contribution in [-0.2, 0) is 23.5 Å². The first-order chi connectivity index (χ1) is 14.8. The fourth-order valence-electron chi connectivity index (χ4n) is 2.46. The highest BCUT2D eigenvalue weighted by Crippen LogP contribution is 2.35. The van der Waals surface area contributed by atoms with Crippen molar-refractivity contribution in [3.63, 3.8) is 0 Å². The number of aliphatic hydroxyl groups excluding tert-OH is 1. The van der Waals surface area contributed by atoms with Crippen molar-refractivity contribution >= 4 is 13.8 Å². The van der Waals surface area contributed by atoms with Crippen molar-refractivity contribution in [1.82, 2.24) is 0 Å². The molecule has 0 saturated heterocycles. The number of hydrogen-bond acceptors (Lipinski definition) is 7. The molecule has 0 aliphatic rings. The van der Waals surface area contributed by atoms with E-state index in [0.29, 0.717) is 12.8 Å². The standard InChI is InChI=1S/C21H37O9P/c1-2-3-4-11-14-20(30-24)15-12-9-7-5-6-8-10-13-16-21(23)28-17-19(22)18-29-31(25,26)27/h3-4,9,11-12,14,19-20,22,24H,2,5-8,10,13,15-18H2,1H3,(H2,25,26,27). The topological polar surface area (TPSA) is 143 Å². The molecule has 31 heavy (non-hydrogen) atoms. The van der Waals surface area contributed by atoms with Crippen LogP contribution in [0.2, 0.25) is 0 Å². The summed E-state index contributed by atoms with van der Waals surface area (Å²) in [6, 6.07) is 0. The first kappa shape index (κ1) is 29.7. The maximum absolute atomic E-state index is 11.6. The van der Waals surface area contributed by atoms with Gasteiger partial charge in [-0.05, 0) is 32.1 Å². The van der Waals surface area contributed by atoms with Crippen molar-refractivity contribution in [2.24, 2.45) is 0 Å². The predicted molar refractivity (Wildman–Crippen MR) is 117 cm³/mol. The van der Waals surface area contributed by atoms with Gasteiger partial charge in [0.25, 0.3) is 0 Å². The Morgan fingerprint density at radius 1 is 1.00 bits per heavy atom. The van der Waals surface area contributed by atoms with Crippen LogP contribution in [0, 0.1) is 0 Å². The molecule has 0 aliphatic carbocycles. The van der Waals surface area contributed by atoms with Gasteiger partial charge >= 0.3 is 13.8 Å². The number of esters is 1. The van der Waals surface area contributed by atoms with Gasteiger partial charge in [0, 0.05) is 6.42 Å². The molecule has 0 amide bonds. The van der Waals surface area contributed by atoms with E-state index in [1.165, 1.54) is 0 Å². The number of rotatable bonds is 19. The highest BCUT2D eigenvalue weighted by molar-refractivity contribution is 7.46. The second-order valence-corrected chi connectivity index (χ2v) is 8.24. The Hall–Kier alpha value is -1.32. The summed E-state index contributed by atoms with van der Waals surface area (Å²) in [4.78, 5) is 33.0. The number of hydrogen-bond donors (Lipinski definition) is 4. The summed E-state index contributed by atoms with van der Waals surface area (Å²) in [6.45, 7) is 1.08. The van der Waals surface area contributed by atoms with Crippen molar-refractivity contribution in [3.05, 3.63) is 36.5 Å². The Morgan fingerprint density at radius 3 is 2.39 bits per heavy atom. The molecule has 0 radical (unpaired) electrons. The molecule has 2 atom stereocenters. The summed E-state index contributed by atoms with van der Waals surface area (Å²) in [5.74, 6) is -0.460. The largest absolute Gasteiger partial charge is 0.469 e. The average molecular weight is 464 g/mol. The number of carbonyl (C=O) groups excluding carboxylic acids is 1. The highest BCUT2D eigenvalue weighted by atomic mass is 31.2. The van der Waals surface area contributed by atoms with Gasteiger partial charge in [-0.15, -0.1) is 0 Å². The Labute approximate surface area is 184 Å². The lowest BCUT2D eigenvalue weighted by atomic mass is 10.1. The monoisotopic (exact) mass is 464 g/mol. The molecule has 4 N–H and O–H groups in total. The molecule has 0 heterocycles. The molecule has 0 fully saturated rings. The molecule has 0 aromatic heterocycles. The first-order valence-electron chi connectivity index (χ1n) is 10.6. The van der Waals surface area contributed by atoms with Crippen molar-refractivity contribution in [2.75, 3.05) is 13.2 Å². The number of phosphoric acid groups is 1. The third kappa shape index (κ3) is 21.7. The summed E-state index contributed by atoms with van der Waals surface area (Å²) in [7, 11) is -4.64. The smallest absolute Gasteiger partial charge is 0.463 e. The molecule has 10 heteroatoms. The van der Waals surface area contributed by atoms with E-state index in [9.17, 15) is 14.5 Å². The van der Waals surface area contributed by atoms with Gasteiger partial charge in [-0.2, -0.15) is 0 Å². The summed E-state index contributed by atoms with van der Waals surface area (Å²) in [6.07, 6.45) is 17.4. The molecule has 0 aliphatic heterocycles. The first-order valence-corrected chi connectivity index (χ1v) is 12.1. The minimum Gasteiger partial charge on any atom is -0.463 e. The van der Waals surface area contributed by atoms with Gasteiger partial charge < -0.3 is 19.6 Å². The maximum Gasteiger partial charge on any atom is 0.469 e. The van der Waals surface area contributed by atoms with E-state index in [4.69, 9.17) is 19.8 Å². The third-order valence-corrected chi connectivity index (χ3v) is 4.59. The van der Waals surface area contributed by atoms with Crippen LogP contribution in [0.5, 0.6) is 0 Å². The number of phosphoric ester groups is 1. The molecule has 2 unspecified atom stereocenters. The molecule has 0 bridgehead atoms. The van der Waals surface area contributed by atoms with Gasteiger partial charge in [0.05, 0.1) is 6.61 Å². The summed E-state index contributed by atoms with van der Waals surface area (Å²) >= 11 is 0. The average Bonchev–Trinajstić information content (AvgIpc) is 2.72. The lowest BCUT2D eigenvalue weighted by molar-refractivity contribution is -0.264. The number of allylic oxidation sites excluding steroid dienone is 4. The van der Waals surface area contributed by atoms with Crippen molar-refractivity contribution in [1.29, 1.82) is 0 Å². The molecule has 0 aromatic carbocycles. The third-order valence-electron chi connectivity index (χ3n) is 4.10. The highest BCUT2D eigenvalue weighted by Gasteiger charge is 2.17. The Kier molecular flexibility index (Phi) is 18.5. The van der Waals surface area contributed by atoms with Crippen LogP contribution in [0.4, 0.5) is 0 Å². The normalized spacial score (nSPS) is 14.6. The van der Waals surface area contributed by atoms with Crippen molar-refractivity contribution in [3.8, 4) is 0 Å². The molecule has 180 valence electrons. The van der Waals surface area contributed by atoms with E-state index in [0.717, 1.165) is 38.5 Å². The molecule has 0 rings (SSSR count). The van der Waals surface area contributed by atoms with Gasteiger partial charge in [0.1, 0.15) is 18.8 Å². The van der Waals surface area contributed by atoms with Crippen LogP contribution < -0.4 is 0 Å². The van der Waals surface area contributed by atoms with Crippen LogP contribution >= 0.6 is 7.82 Å². The molecular formula is C21H37O9P. The Morgan fingerprint density at radius 2 is 1.71 bits per heavy atom. The molecular weight excluding hydrogens is 427 g/mol. The van der Waals surface area contributed by atoms with Crippen LogP contribution in [0.25, 0.3) is 0 Å². The minimum absolute atomic E-state index is 0.232. The molecule has 0 spiro atoms. The fourth-order valence-corrected chi connectivity index (χ4v) is 2.83. The summed E-state index contributed by atoms with van der Waals surface area (Å²) in [5, 5.41) is 18.3. The number of carbonyl (C=O) groups is 1. The molecule has 9 nitrogen and oxygen atoms in total. The lowest BCUT2D eigenvalue weighted by Crippen LogP contribution is -2.23. The van der Waals surface area contributed by atoms with Gasteiger partial charge in [0.2, 0.25) is 0 Å². The zero-order valence-corrected chi connectivity index (χ0v) is 19.1. The van der Waals surface area contributed by atoms with E-state index in [1.807, 2.05) is 31.2 Å². The number of unbranched alkanes of at least 4 members (excludes halogenated alkanes) is 5. The van der Waals surface area contributed by atoms with E-state index in [2.05, 4.69) is 15.5 Å². The predicted octanol–water partition coefficient (Wildman–Crippen LogP) is 4.06. The summed E-state index contributed by atoms with van der Waals surface area (Å²) < 4.78 is 19.5. The van der Waals surface area contributed by atoms with E-state index < -0.39 is 26.5 Å². The molecule has 0 saturated carbocycles. The Bertz CT molecular complexity index is 583. The molecule has 0 aromatic rings. The van der Waals surface area contributed by atoms with E-state index in [1.54, 1.807) is 6.08 Å². The number of ether oxygens (including phenoxy) is 1. The van der Waals surface area contributed by atoms with Gasteiger partial charge in [-0.25, -0.2) is 9.45 Å². The summed E-state index contributed by atoms with van der Waals surface area (Å²) in [5.41, 5.74) is 0. The SMILES string of the molecule is CCC=CC=CC(CC=CCCCCCCCC(=O)OCC(O)COP(=O)(O)O)OO. The van der Waals surface area contributed by atoms with E-state index >= 15 is 0 Å². The van der Waals surface area contributed by atoms with Crippen LogP contribution in [0.15, 0.2) is 36.5 Å². The minimum atomic E-state index is -4.64. The zero-order chi connectivity index (χ0) is 23.4. The van der Waals surface area contributed by atoms with Crippen molar-refractivity contribution < 1.29 is 43.7 Å². The van der Waals surface area contributed by atoms with Gasteiger partial charge in [0.15, 0.2) is 0 Å². The zero-order valence-electron chi connectivity index (χ0n) is 18.2. The van der Waals surface area contributed by atoms with Gasteiger partial charge in [-0.3, -0.25) is 14.6 Å². The lowest BCUT2D eigenvalue weighted by Gasteiger charge is -2.12. The van der Waals surface area contributed by atoms with Crippen LogP contribution in [0.1, 0.15) is 64.7 Å². The van der Waals surface area contributed by atoms with Crippen LogP contribution in [0.3, 0.4) is 0 Å². The van der Waals surface area contributed by atoms with Gasteiger partial charge in [-0.1, -0.05) is 62.6 Å². The van der Waals surface area contributed by atoms with Crippen LogP contribution in [-0.4, -0.2) is 51.5 Å². The van der Waals surface area contributed by atoms with E-state index in [-0.39, 0.29) is 19.1 Å². The second kappa shape index (κ2) is 19.4. The quantitative estimate of drug-likeness (QED) is 0.0423. The Balaban J connectivity index is 3.64. The second-order valence-electron chi connectivity index (χ2n) is 7.00. The fraction of sp³-hybridized carbons (Fsp3) is 0.667. The maximum atomic E-state index is 11.6. The van der Waals surface area contributed by atoms with Crippen molar-refractivity contribution in [2.45, 2.75) is 76.9 Å².